The molecule has 24 heavy (non-hydrogen) atoms. The second-order valence-electron chi connectivity index (χ2n) is 6.80. The number of hydrogen-bond acceptors (Lipinski definition) is 3. The number of rotatable bonds is 2. The second kappa shape index (κ2) is 6.89. The van der Waals surface area contributed by atoms with Crippen molar-refractivity contribution >= 4 is 11.8 Å². The Bertz CT molecular complexity index is 641. The summed E-state index contributed by atoms with van der Waals surface area (Å²) in [7, 11) is 2.06. The van der Waals surface area contributed by atoms with E-state index in [1.165, 1.54) is 12.1 Å². The molecule has 0 bridgehead atoms. The van der Waals surface area contributed by atoms with Gasteiger partial charge in [-0.2, -0.15) is 0 Å². The Kier molecular flexibility index (Phi) is 4.85. The summed E-state index contributed by atoms with van der Waals surface area (Å²) in [6, 6.07) is 3.72. The minimum absolute atomic E-state index is 0.0321. The Labute approximate surface area is 141 Å². The van der Waals surface area contributed by atoms with E-state index in [-0.39, 0.29) is 23.5 Å². The first-order valence-electron chi connectivity index (χ1n) is 8.50. The lowest BCUT2D eigenvalue weighted by atomic mass is 9.92. The quantitative estimate of drug-likeness (QED) is 0.892. The number of nitrogens with zero attached hydrogens (tertiary/aromatic N) is 2. The predicted octanol–water partition coefficient (Wildman–Crippen LogP) is 1.48. The van der Waals surface area contributed by atoms with E-state index in [4.69, 9.17) is 0 Å². The van der Waals surface area contributed by atoms with Gasteiger partial charge in [-0.3, -0.25) is 9.59 Å². The van der Waals surface area contributed by atoms with Crippen molar-refractivity contribution in [3.8, 4) is 0 Å². The van der Waals surface area contributed by atoms with Crippen LogP contribution in [0.15, 0.2) is 18.2 Å². The fourth-order valence-corrected chi connectivity index (χ4v) is 3.65. The van der Waals surface area contributed by atoms with Crippen LogP contribution in [0.25, 0.3) is 0 Å². The fourth-order valence-electron chi connectivity index (χ4n) is 3.65. The van der Waals surface area contributed by atoms with Gasteiger partial charge in [0.15, 0.2) is 0 Å². The number of halogens is 1. The van der Waals surface area contributed by atoms with Crippen molar-refractivity contribution in [3.63, 3.8) is 0 Å². The van der Waals surface area contributed by atoms with Crippen LogP contribution in [0.1, 0.15) is 30.0 Å². The molecule has 0 radical (unpaired) electrons. The summed E-state index contributed by atoms with van der Waals surface area (Å²) in [5, 5.41) is 2.83. The highest BCUT2D eigenvalue weighted by atomic mass is 19.1. The number of piperazine rings is 1. The van der Waals surface area contributed by atoms with Crippen molar-refractivity contribution < 1.29 is 14.0 Å². The fraction of sp³-hybridized carbons (Fsp3) is 0.556. The maximum Gasteiger partial charge on any atom is 0.247 e. The summed E-state index contributed by atoms with van der Waals surface area (Å²) in [6.07, 6.45) is 1.64. The molecule has 0 aliphatic carbocycles. The Balaban J connectivity index is 1.86. The van der Waals surface area contributed by atoms with Gasteiger partial charge in [-0.05, 0) is 63.2 Å². The summed E-state index contributed by atoms with van der Waals surface area (Å²) in [4.78, 5) is 29.4. The van der Waals surface area contributed by atoms with Gasteiger partial charge in [-0.15, -0.1) is 0 Å². The zero-order chi connectivity index (χ0) is 17.3. The third kappa shape index (κ3) is 3.29. The maximum atomic E-state index is 13.4. The molecule has 3 rings (SSSR count). The van der Waals surface area contributed by atoms with Gasteiger partial charge in [0, 0.05) is 19.0 Å². The Hall–Kier alpha value is -1.95. The number of carbonyl (C=O) groups is 2. The van der Waals surface area contributed by atoms with Crippen molar-refractivity contribution in [2.45, 2.75) is 25.8 Å². The molecular formula is C18H24FN3O2. The van der Waals surface area contributed by atoms with Crippen molar-refractivity contribution in [2.24, 2.45) is 5.92 Å². The molecule has 130 valence electrons. The first-order chi connectivity index (χ1) is 11.5. The van der Waals surface area contributed by atoms with Gasteiger partial charge in [-0.1, -0.05) is 6.07 Å². The van der Waals surface area contributed by atoms with Crippen LogP contribution < -0.4 is 5.32 Å². The number of hydrogen-bond donors (Lipinski definition) is 1. The number of nitrogens with one attached hydrogen (secondary N) is 1. The summed E-state index contributed by atoms with van der Waals surface area (Å²) in [5.74, 6) is -0.500. The van der Waals surface area contributed by atoms with Crippen LogP contribution in [0.3, 0.4) is 0 Å². The molecule has 6 heteroatoms. The number of amides is 2. The number of piperidine rings is 1. The molecule has 1 unspecified atom stereocenters. The van der Waals surface area contributed by atoms with E-state index < -0.39 is 6.04 Å². The van der Waals surface area contributed by atoms with E-state index in [0.29, 0.717) is 24.2 Å². The summed E-state index contributed by atoms with van der Waals surface area (Å²) in [6.45, 7) is 4.54. The van der Waals surface area contributed by atoms with Gasteiger partial charge in [-0.25, -0.2) is 4.39 Å². The lowest BCUT2D eigenvalue weighted by Crippen LogP contribution is -2.54. The molecular weight excluding hydrogens is 309 g/mol. The van der Waals surface area contributed by atoms with Crippen LogP contribution in [0.4, 0.5) is 4.39 Å². The largest absolute Gasteiger partial charge is 0.352 e. The zero-order valence-electron chi connectivity index (χ0n) is 14.2. The minimum atomic E-state index is -0.661. The molecule has 2 aliphatic rings. The first kappa shape index (κ1) is 16.9. The molecule has 2 aliphatic heterocycles. The number of aryl methyl sites for hydroxylation is 1. The number of carbonyl (C=O) groups excluding carboxylic acids is 2. The van der Waals surface area contributed by atoms with Gasteiger partial charge in [0.1, 0.15) is 11.9 Å². The van der Waals surface area contributed by atoms with Crippen molar-refractivity contribution in [1.29, 1.82) is 0 Å². The van der Waals surface area contributed by atoms with Crippen molar-refractivity contribution in [3.05, 3.63) is 35.1 Å². The summed E-state index contributed by atoms with van der Waals surface area (Å²) < 4.78 is 13.4. The van der Waals surface area contributed by atoms with Crippen LogP contribution in [0.5, 0.6) is 0 Å². The third-order valence-electron chi connectivity index (χ3n) is 5.09. The molecule has 5 nitrogen and oxygen atoms in total. The summed E-state index contributed by atoms with van der Waals surface area (Å²) >= 11 is 0. The van der Waals surface area contributed by atoms with E-state index in [0.717, 1.165) is 25.9 Å². The van der Waals surface area contributed by atoms with E-state index in [1.807, 2.05) is 0 Å². The van der Waals surface area contributed by atoms with Gasteiger partial charge >= 0.3 is 0 Å². The topological polar surface area (TPSA) is 52.7 Å². The first-order valence-corrected chi connectivity index (χ1v) is 8.50. The predicted molar refractivity (Wildman–Crippen MR) is 88.8 cm³/mol. The molecule has 2 fully saturated rings. The van der Waals surface area contributed by atoms with Gasteiger partial charge < -0.3 is 15.1 Å². The smallest absolute Gasteiger partial charge is 0.247 e. The third-order valence-corrected chi connectivity index (χ3v) is 5.09. The standard InChI is InChI=1S/C18H24FN3O2/c1-12-11-14(19)3-4-15(12)16-17(23)20-7-10-22(16)18(24)13-5-8-21(2)9-6-13/h3-4,11,13,16H,5-10H2,1-2H3,(H,20,23). The average Bonchev–Trinajstić information content (AvgIpc) is 2.55. The molecule has 1 aromatic carbocycles. The van der Waals surface area contributed by atoms with Crippen LogP contribution in [-0.4, -0.2) is 54.8 Å². The Morgan fingerprint density at radius 2 is 1.96 bits per heavy atom. The summed E-state index contributed by atoms with van der Waals surface area (Å²) in [5.41, 5.74) is 1.40. The SMILES string of the molecule is Cc1cc(F)ccc1C1C(=O)NCCN1C(=O)C1CCN(C)CC1. The van der Waals surface area contributed by atoms with E-state index in [1.54, 1.807) is 17.9 Å². The van der Waals surface area contributed by atoms with Crippen molar-refractivity contribution in [1.82, 2.24) is 15.1 Å². The second-order valence-corrected chi connectivity index (χ2v) is 6.80. The van der Waals surface area contributed by atoms with Crippen LogP contribution in [0.2, 0.25) is 0 Å². The van der Waals surface area contributed by atoms with Gasteiger partial charge in [0.25, 0.3) is 0 Å². The Morgan fingerprint density at radius 1 is 1.25 bits per heavy atom. The van der Waals surface area contributed by atoms with E-state index in [2.05, 4.69) is 17.3 Å². The van der Waals surface area contributed by atoms with Crippen LogP contribution in [-0.2, 0) is 9.59 Å². The normalized spacial score (nSPS) is 23.2. The highest BCUT2D eigenvalue weighted by Gasteiger charge is 2.38. The number of likely N-dealkylation sites (tertiary alicyclic amines) is 1. The lowest BCUT2D eigenvalue weighted by Gasteiger charge is -2.39. The molecule has 0 saturated carbocycles. The molecule has 2 heterocycles. The highest BCUT2D eigenvalue weighted by molar-refractivity contribution is 5.90. The van der Waals surface area contributed by atoms with Crippen LogP contribution in [0, 0.1) is 18.7 Å². The molecule has 1 aromatic rings. The molecule has 2 saturated heterocycles. The minimum Gasteiger partial charge on any atom is -0.352 e. The van der Waals surface area contributed by atoms with E-state index in [9.17, 15) is 14.0 Å². The van der Waals surface area contributed by atoms with E-state index >= 15 is 0 Å². The molecule has 1 atom stereocenters. The molecule has 2 amide bonds. The zero-order valence-corrected chi connectivity index (χ0v) is 14.2. The van der Waals surface area contributed by atoms with Crippen LogP contribution >= 0.6 is 0 Å². The van der Waals surface area contributed by atoms with Gasteiger partial charge in [0.05, 0.1) is 0 Å². The average molecular weight is 333 g/mol. The molecule has 0 aromatic heterocycles. The van der Waals surface area contributed by atoms with Crippen molar-refractivity contribution in [2.75, 3.05) is 33.2 Å². The highest BCUT2D eigenvalue weighted by Crippen LogP contribution is 2.30. The maximum absolute atomic E-state index is 13.4. The Morgan fingerprint density at radius 3 is 2.62 bits per heavy atom. The molecule has 1 N–H and O–H groups in total. The monoisotopic (exact) mass is 333 g/mol. The number of benzene rings is 1. The van der Waals surface area contributed by atoms with Gasteiger partial charge in [0.2, 0.25) is 11.8 Å². The molecule has 0 spiro atoms. The lowest BCUT2D eigenvalue weighted by molar-refractivity contribution is -0.147.